The van der Waals surface area contributed by atoms with Crippen LogP contribution in [0, 0.1) is 5.92 Å². The number of hydrogen-bond donors (Lipinski definition) is 1. The summed E-state index contributed by atoms with van der Waals surface area (Å²) in [5.74, 6) is 1.26. The molecule has 1 heterocycles. The summed E-state index contributed by atoms with van der Waals surface area (Å²) >= 11 is 1.58. The van der Waals surface area contributed by atoms with Crippen molar-refractivity contribution < 1.29 is 0 Å². The van der Waals surface area contributed by atoms with E-state index in [1.165, 1.54) is 23.4 Å². The average molecular weight is 196 g/mol. The first-order valence-electron chi connectivity index (χ1n) is 4.90. The van der Waals surface area contributed by atoms with Gasteiger partial charge >= 0.3 is 0 Å². The van der Waals surface area contributed by atoms with Crippen molar-refractivity contribution in [2.24, 2.45) is 11.7 Å². The molecular formula is C10H16N2S. The van der Waals surface area contributed by atoms with Gasteiger partial charge in [-0.2, -0.15) is 4.37 Å². The Labute approximate surface area is 83.3 Å². The zero-order valence-corrected chi connectivity index (χ0v) is 8.97. The Morgan fingerprint density at radius 2 is 2.23 bits per heavy atom. The zero-order chi connectivity index (χ0) is 9.42. The standard InChI is InChI=1S/C10H16N2S/c1-6(2)10(11)9-5-8(12-13-9)7-3-4-7/h5-7,10H,3-4,11H2,1-2H3. The second-order valence-corrected chi connectivity index (χ2v) is 5.03. The van der Waals surface area contributed by atoms with Gasteiger partial charge in [0.15, 0.2) is 0 Å². The van der Waals surface area contributed by atoms with Crippen molar-refractivity contribution in [3.05, 3.63) is 16.6 Å². The van der Waals surface area contributed by atoms with Gasteiger partial charge in [0.2, 0.25) is 0 Å². The first kappa shape index (κ1) is 9.16. The van der Waals surface area contributed by atoms with E-state index in [-0.39, 0.29) is 6.04 Å². The molecule has 0 amide bonds. The molecule has 3 heteroatoms. The van der Waals surface area contributed by atoms with E-state index < -0.39 is 0 Å². The normalized spacial score (nSPS) is 19.4. The molecule has 0 aromatic carbocycles. The molecule has 0 radical (unpaired) electrons. The van der Waals surface area contributed by atoms with Crippen molar-refractivity contribution in [1.29, 1.82) is 0 Å². The maximum atomic E-state index is 6.04. The first-order chi connectivity index (χ1) is 6.18. The topological polar surface area (TPSA) is 38.9 Å². The monoisotopic (exact) mass is 196 g/mol. The van der Waals surface area contributed by atoms with E-state index in [0.29, 0.717) is 5.92 Å². The third-order valence-electron chi connectivity index (χ3n) is 2.59. The lowest BCUT2D eigenvalue weighted by molar-refractivity contribution is 0.521. The minimum absolute atomic E-state index is 0.171. The predicted molar refractivity (Wildman–Crippen MR) is 55.9 cm³/mol. The summed E-state index contributed by atoms with van der Waals surface area (Å²) in [6.45, 7) is 4.31. The lowest BCUT2D eigenvalue weighted by Gasteiger charge is -2.11. The summed E-state index contributed by atoms with van der Waals surface area (Å²) in [5, 5.41) is 0. The van der Waals surface area contributed by atoms with Gasteiger partial charge in [-0.05, 0) is 36.4 Å². The van der Waals surface area contributed by atoms with E-state index in [0.717, 1.165) is 5.92 Å². The summed E-state index contributed by atoms with van der Waals surface area (Å²) < 4.78 is 4.44. The molecule has 1 unspecified atom stereocenters. The summed E-state index contributed by atoms with van der Waals surface area (Å²) in [4.78, 5) is 1.25. The van der Waals surface area contributed by atoms with Crippen molar-refractivity contribution in [3.8, 4) is 0 Å². The Morgan fingerprint density at radius 3 is 2.77 bits per heavy atom. The Balaban J connectivity index is 2.11. The molecule has 1 aliphatic rings. The van der Waals surface area contributed by atoms with Crippen LogP contribution in [0.5, 0.6) is 0 Å². The minimum Gasteiger partial charge on any atom is -0.323 e. The summed E-state index contributed by atoms with van der Waals surface area (Å²) in [6, 6.07) is 2.37. The van der Waals surface area contributed by atoms with Gasteiger partial charge in [-0.25, -0.2) is 0 Å². The molecule has 72 valence electrons. The zero-order valence-electron chi connectivity index (χ0n) is 8.16. The molecule has 1 saturated carbocycles. The smallest absolute Gasteiger partial charge is 0.0576 e. The number of rotatable bonds is 3. The largest absolute Gasteiger partial charge is 0.323 e. The number of hydrogen-bond acceptors (Lipinski definition) is 3. The van der Waals surface area contributed by atoms with Crippen LogP contribution < -0.4 is 5.73 Å². The highest BCUT2D eigenvalue weighted by Gasteiger charge is 2.27. The van der Waals surface area contributed by atoms with Gasteiger partial charge in [-0.3, -0.25) is 0 Å². The van der Waals surface area contributed by atoms with Gasteiger partial charge in [0.1, 0.15) is 0 Å². The van der Waals surface area contributed by atoms with Crippen LogP contribution in [0.25, 0.3) is 0 Å². The van der Waals surface area contributed by atoms with Crippen molar-refractivity contribution in [2.45, 2.75) is 38.6 Å². The van der Waals surface area contributed by atoms with Crippen LogP contribution in [0.15, 0.2) is 6.07 Å². The molecule has 2 nitrogen and oxygen atoms in total. The lowest BCUT2D eigenvalue weighted by Crippen LogP contribution is -2.15. The van der Waals surface area contributed by atoms with Crippen LogP contribution >= 0.6 is 11.5 Å². The van der Waals surface area contributed by atoms with Gasteiger partial charge in [0.25, 0.3) is 0 Å². The highest BCUT2D eigenvalue weighted by Crippen LogP contribution is 2.41. The van der Waals surface area contributed by atoms with E-state index >= 15 is 0 Å². The molecule has 0 spiro atoms. The predicted octanol–water partition coefficient (Wildman–Crippen LogP) is 2.68. The Hall–Kier alpha value is -0.410. The number of nitrogens with two attached hydrogens (primary N) is 1. The van der Waals surface area contributed by atoms with E-state index in [4.69, 9.17) is 5.73 Å². The molecule has 0 saturated heterocycles. The van der Waals surface area contributed by atoms with E-state index in [1.54, 1.807) is 11.5 Å². The van der Waals surface area contributed by atoms with Crippen molar-refractivity contribution in [3.63, 3.8) is 0 Å². The van der Waals surface area contributed by atoms with Gasteiger partial charge < -0.3 is 5.73 Å². The Kier molecular flexibility index (Phi) is 2.39. The van der Waals surface area contributed by atoms with Crippen LogP contribution in [-0.4, -0.2) is 4.37 Å². The third-order valence-corrected chi connectivity index (χ3v) is 3.49. The van der Waals surface area contributed by atoms with Gasteiger partial charge in [-0.1, -0.05) is 13.8 Å². The van der Waals surface area contributed by atoms with Gasteiger partial charge in [0.05, 0.1) is 5.69 Å². The molecule has 1 fully saturated rings. The molecule has 1 aliphatic carbocycles. The van der Waals surface area contributed by atoms with Crippen molar-refractivity contribution >= 4 is 11.5 Å². The molecule has 13 heavy (non-hydrogen) atoms. The quantitative estimate of drug-likeness (QED) is 0.807. The summed E-state index contributed by atoms with van der Waals surface area (Å²) in [7, 11) is 0. The van der Waals surface area contributed by atoms with E-state index in [1.807, 2.05) is 0 Å². The van der Waals surface area contributed by atoms with Crippen LogP contribution in [0.2, 0.25) is 0 Å². The maximum Gasteiger partial charge on any atom is 0.0576 e. The lowest BCUT2D eigenvalue weighted by atomic mass is 10.0. The number of nitrogens with zero attached hydrogens (tertiary/aromatic N) is 1. The summed E-state index contributed by atoms with van der Waals surface area (Å²) in [6.07, 6.45) is 2.64. The van der Waals surface area contributed by atoms with E-state index in [9.17, 15) is 0 Å². The Morgan fingerprint density at radius 1 is 1.54 bits per heavy atom. The van der Waals surface area contributed by atoms with Crippen LogP contribution in [0.1, 0.15) is 49.2 Å². The summed E-state index contributed by atoms with van der Waals surface area (Å²) in [5.41, 5.74) is 7.32. The SMILES string of the molecule is CC(C)C(N)c1cc(C2CC2)ns1. The van der Waals surface area contributed by atoms with Crippen molar-refractivity contribution in [1.82, 2.24) is 4.37 Å². The van der Waals surface area contributed by atoms with Crippen LogP contribution in [-0.2, 0) is 0 Å². The molecule has 1 aromatic rings. The number of aromatic nitrogens is 1. The van der Waals surface area contributed by atoms with Crippen LogP contribution in [0.4, 0.5) is 0 Å². The molecule has 1 aromatic heterocycles. The highest BCUT2D eigenvalue weighted by molar-refractivity contribution is 7.05. The molecule has 2 rings (SSSR count). The molecule has 1 atom stereocenters. The fraction of sp³-hybridized carbons (Fsp3) is 0.700. The minimum atomic E-state index is 0.171. The average Bonchev–Trinajstić information content (AvgIpc) is 2.83. The van der Waals surface area contributed by atoms with Gasteiger partial charge in [-0.15, -0.1) is 0 Å². The molecule has 0 aliphatic heterocycles. The molecular weight excluding hydrogens is 180 g/mol. The molecule has 2 N–H and O–H groups in total. The first-order valence-corrected chi connectivity index (χ1v) is 5.68. The second-order valence-electron chi connectivity index (χ2n) is 4.20. The second kappa shape index (κ2) is 3.39. The van der Waals surface area contributed by atoms with Crippen LogP contribution in [0.3, 0.4) is 0 Å². The third kappa shape index (κ3) is 1.92. The molecule has 0 bridgehead atoms. The van der Waals surface area contributed by atoms with Gasteiger partial charge in [0, 0.05) is 16.8 Å². The highest BCUT2D eigenvalue weighted by atomic mass is 32.1. The Bertz CT molecular complexity index is 289. The maximum absolute atomic E-state index is 6.04. The van der Waals surface area contributed by atoms with Crippen molar-refractivity contribution in [2.75, 3.05) is 0 Å². The fourth-order valence-electron chi connectivity index (χ4n) is 1.36. The van der Waals surface area contributed by atoms with E-state index in [2.05, 4.69) is 24.3 Å². The fourth-order valence-corrected chi connectivity index (χ4v) is 2.34.